The maximum absolute atomic E-state index is 3.73. The fraction of sp³-hybridized carbons (Fsp3) is 0.103. The Labute approximate surface area is 241 Å². The van der Waals surface area contributed by atoms with E-state index in [0.29, 0.717) is 0 Å². The molecule has 0 radical (unpaired) electrons. The lowest BCUT2D eigenvalue weighted by Gasteiger charge is -2.29. The molecule has 196 valence electrons. The quantitative estimate of drug-likeness (QED) is 0.226. The third-order valence-corrected chi connectivity index (χ3v) is 8.96. The highest BCUT2D eigenvalue weighted by molar-refractivity contribution is 6.08. The summed E-state index contributed by atoms with van der Waals surface area (Å²) in [5, 5.41) is 6.32. The fourth-order valence-corrected chi connectivity index (χ4v) is 6.89. The number of hydrogen-bond acceptors (Lipinski definition) is 1. The van der Waals surface area contributed by atoms with E-state index in [9.17, 15) is 0 Å². The normalized spacial score (nSPS) is 16.6. The van der Waals surface area contributed by atoms with Crippen LogP contribution in [0.1, 0.15) is 42.3 Å². The number of nitrogens with one attached hydrogen (secondary N) is 1. The van der Waals surface area contributed by atoms with Crippen LogP contribution in [0.15, 0.2) is 140 Å². The van der Waals surface area contributed by atoms with Gasteiger partial charge in [0.15, 0.2) is 0 Å². The molecule has 1 atom stereocenters. The van der Waals surface area contributed by atoms with Gasteiger partial charge in [-0.25, -0.2) is 5.32 Å². The van der Waals surface area contributed by atoms with Crippen molar-refractivity contribution >= 4 is 22.3 Å². The molecule has 1 heterocycles. The van der Waals surface area contributed by atoms with Crippen LogP contribution in [0, 0.1) is 0 Å². The number of hydrogen-bond donors (Lipinski definition) is 1. The van der Waals surface area contributed by atoms with E-state index in [2.05, 4.69) is 163 Å². The third kappa shape index (κ3) is 3.61. The van der Waals surface area contributed by atoms with Crippen LogP contribution in [-0.2, 0) is 5.41 Å². The molecule has 41 heavy (non-hydrogen) atoms. The second-order valence-electron chi connectivity index (χ2n) is 11.7. The van der Waals surface area contributed by atoms with E-state index in [1.807, 2.05) is 0 Å². The van der Waals surface area contributed by atoms with Gasteiger partial charge in [0, 0.05) is 11.0 Å². The van der Waals surface area contributed by atoms with Crippen molar-refractivity contribution in [3.8, 4) is 22.3 Å². The van der Waals surface area contributed by atoms with Gasteiger partial charge in [0.1, 0.15) is 5.69 Å². The summed E-state index contributed by atoms with van der Waals surface area (Å²) >= 11 is 0. The SMILES string of the molecule is CC1(C)c2ccccc2-c2c1cc1ccccc1c2-c1ccc([N+]2=C(c3ccccc3)NC2c2ccccc2)cc1. The average molecular weight is 528 g/mol. The number of amidine groups is 1. The van der Waals surface area contributed by atoms with Gasteiger partial charge in [-0.2, -0.15) is 4.58 Å². The predicted molar refractivity (Wildman–Crippen MR) is 170 cm³/mol. The maximum Gasteiger partial charge on any atom is 0.289 e. The van der Waals surface area contributed by atoms with Gasteiger partial charge in [-0.15, -0.1) is 0 Å². The zero-order valence-corrected chi connectivity index (χ0v) is 23.3. The van der Waals surface area contributed by atoms with E-state index in [4.69, 9.17) is 0 Å². The second kappa shape index (κ2) is 9.04. The molecule has 6 aromatic rings. The highest BCUT2D eigenvalue weighted by Crippen LogP contribution is 2.54. The van der Waals surface area contributed by atoms with Crippen LogP contribution >= 0.6 is 0 Å². The van der Waals surface area contributed by atoms with Gasteiger partial charge >= 0.3 is 0 Å². The smallest absolute Gasteiger partial charge is 0.229 e. The minimum absolute atomic E-state index is 0.0452. The Bertz CT molecular complexity index is 1970. The first-order chi connectivity index (χ1) is 20.1. The summed E-state index contributed by atoms with van der Waals surface area (Å²) in [4.78, 5) is 0. The van der Waals surface area contributed by atoms with Gasteiger partial charge in [0.25, 0.3) is 12.0 Å². The fourth-order valence-electron chi connectivity index (χ4n) is 6.89. The van der Waals surface area contributed by atoms with E-state index in [0.717, 1.165) is 5.84 Å². The summed E-state index contributed by atoms with van der Waals surface area (Å²) in [5.41, 5.74) is 11.7. The number of benzene rings is 6. The van der Waals surface area contributed by atoms with Crippen LogP contribution in [0.5, 0.6) is 0 Å². The number of nitrogens with zero attached hydrogens (tertiary/aromatic N) is 1. The van der Waals surface area contributed by atoms with Crippen molar-refractivity contribution in [2.24, 2.45) is 0 Å². The lowest BCUT2D eigenvalue weighted by Crippen LogP contribution is -2.51. The Morgan fingerprint density at radius 2 is 1.24 bits per heavy atom. The van der Waals surface area contributed by atoms with Gasteiger partial charge in [-0.05, 0) is 74.5 Å². The van der Waals surface area contributed by atoms with Crippen molar-refractivity contribution in [3.05, 3.63) is 162 Å². The zero-order valence-electron chi connectivity index (χ0n) is 23.3. The maximum atomic E-state index is 3.73. The number of fused-ring (bicyclic) bond motifs is 4. The zero-order chi connectivity index (χ0) is 27.6. The van der Waals surface area contributed by atoms with E-state index in [1.54, 1.807) is 0 Å². The Morgan fingerprint density at radius 3 is 2.02 bits per heavy atom. The molecule has 1 aliphatic carbocycles. The van der Waals surface area contributed by atoms with E-state index in [1.165, 1.54) is 61.0 Å². The molecule has 0 amide bonds. The molecule has 6 aromatic carbocycles. The van der Waals surface area contributed by atoms with Crippen molar-refractivity contribution in [2.45, 2.75) is 25.4 Å². The molecular weight excluding hydrogens is 496 g/mol. The van der Waals surface area contributed by atoms with Gasteiger partial charge in [0.05, 0.1) is 5.56 Å². The van der Waals surface area contributed by atoms with Crippen molar-refractivity contribution in [3.63, 3.8) is 0 Å². The average Bonchev–Trinajstić information content (AvgIpc) is 3.23. The second-order valence-corrected chi connectivity index (χ2v) is 11.7. The summed E-state index contributed by atoms with van der Waals surface area (Å²) in [7, 11) is 0. The lowest BCUT2D eigenvalue weighted by atomic mass is 9.80. The lowest BCUT2D eigenvalue weighted by molar-refractivity contribution is -0.531. The largest absolute Gasteiger partial charge is 0.289 e. The Morgan fingerprint density at radius 1 is 0.585 bits per heavy atom. The van der Waals surface area contributed by atoms with Crippen molar-refractivity contribution in [1.82, 2.24) is 5.32 Å². The Kier molecular flexibility index (Phi) is 5.27. The molecule has 2 nitrogen and oxygen atoms in total. The topological polar surface area (TPSA) is 15.0 Å². The molecule has 0 aromatic heterocycles. The Hall–Kier alpha value is -4.95. The molecule has 0 saturated carbocycles. The molecule has 8 rings (SSSR count). The van der Waals surface area contributed by atoms with E-state index in [-0.39, 0.29) is 11.6 Å². The standard InChI is InChI=1S/C39H30N2/c1-39(2)33-20-12-11-19-32(33)36-34(39)25-29-17-9-10-18-31(29)35(36)26-21-23-30(24-22-26)41-37(27-13-5-3-6-14-27)40-38(41)28-15-7-4-8-16-28/h3-25,37H,1-2H3/p+1. The van der Waals surface area contributed by atoms with Crippen LogP contribution < -0.4 is 5.32 Å². The first-order valence-corrected chi connectivity index (χ1v) is 14.4. The molecule has 0 bridgehead atoms. The monoisotopic (exact) mass is 527 g/mol. The third-order valence-electron chi connectivity index (χ3n) is 8.96. The molecule has 2 aliphatic rings. The summed E-state index contributed by atoms with van der Waals surface area (Å²) < 4.78 is 2.42. The summed E-state index contributed by atoms with van der Waals surface area (Å²) in [6.07, 6.45) is 0.0896. The van der Waals surface area contributed by atoms with Gasteiger partial charge < -0.3 is 0 Å². The molecule has 1 unspecified atom stereocenters. The summed E-state index contributed by atoms with van der Waals surface area (Å²) in [6, 6.07) is 50.7. The van der Waals surface area contributed by atoms with Crippen molar-refractivity contribution < 1.29 is 4.58 Å². The molecule has 1 N–H and O–H groups in total. The molecule has 0 saturated heterocycles. The van der Waals surface area contributed by atoms with Gasteiger partial charge in [-0.3, -0.25) is 0 Å². The molecule has 0 fully saturated rings. The van der Waals surface area contributed by atoms with Crippen LogP contribution in [-0.4, -0.2) is 10.4 Å². The van der Waals surface area contributed by atoms with E-state index >= 15 is 0 Å². The van der Waals surface area contributed by atoms with Gasteiger partial charge in [-0.1, -0.05) is 123 Å². The summed E-state index contributed by atoms with van der Waals surface area (Å²) in [6.45, 7) is 4.72. The molecular formula is C39H31N2+. The molecule has 1 aliphatic heterocycles. The van der Waals surface area contributed by atoms with Gasteiger partial charge in [0.2, 0.25) is 0 Å². The van der Waals surface area contributed by atoms with Crippen LogP contribution in [0.2, 0.25) is 0 Å². The highest BCUT2D eigenvalue weighted by Gasteiger charge is 2.41. The van der Waals surface area contributed by atoms with E-state index < -0.39 is 0 Å². The minimum Gasteiger partial charge on any atom is -0.229 e. The van der Waals surface area contributed by atoms with Crippen LogP contribution in [0.4, 0.5) is 5.69 Å². The molecule has 2 heteroatoms. The van der Waals surface area contributed by atoms with Crippen LogP contribution in [0.25, 0.3) is 33.0 Å². The minimum atomic E-state index is -0.0452. The first kappa shape index (κ1) is 23.9. The Balaban J connectivity index is 1.31. The highest BCUT2D eigenvalue weighted by atomic mass is 15.3. The van der Waals surface area contributed by atoms with Crippen molar-refractivity contribution in [2.75, 3.05) is 0 Å². The first-order valence-electron chi connectivity index (χ1n) is 14.4. The summed E-state index contributed by atoms with van der Waals surface area (Å²) in [5.74, 6) is 1.13. The van der Waals surface area contributed by atoms with Crippen LogP contribution in [0.3, 0.4) is 0 Å². The van der Waals surface area contributed by atoms with Crippen molar-refractivity contribution in [1.29, 1.82) is 0 Å². The number of rotatable bonds is 4. The predicted octanol–water partition coefficient (Wildman–Crippen LogP) is 9.21. The molecule has 0 spiro atoms.